The Hall–Kier alpha value is -3.41. The number of hydrogen-bond acceptors (Lipinski definition) is 8. The van der Waals surface area contributed by atoms with Gasteiger partial charge in [-0.3, -0.25) is 9.59 Å². The number of ether oxygens (including phenoxy) is 2. The van der Waals surface area contributed by atoms with Gasteiger partial charge in [0.2, 0.25) is 11.5 Å². The molecule has 0 aliphatic carbocycles. The molecule has 0 saturated carbocycles. The van der Waals surface area contributed by atoms with Crippen LogP contribution in [0.5, 0.6) is 0 Å². The second-order valence-electron chi connectivity index (χ2n) is 11.3. The average Bonchev–Trinajstić information content (AvgIpc) is 2.90. The molecule has 2 N–H and O–H groups in total. The molecule has 2 amide bonds. The number of H-pyrrole nitrogens is 1. The fourth-order valence-corrected chi connectivity index (χ4v) is 7.35. The van der Waals surface area contributed by atoms with Gasteiger partial charge >= 0.3 is 6.09 Å². The van der Waals surface area contributed by atoms with Gasteiger partial charge in [-0.25, -0.2) is 4.79 Å². The van der Waals surface area contributed by atoms with Crippen LogP contribution in [0.25, 0.3) is 11.3 Å². The van der Waals surface area contributed by atoms with Crippen molar-refractivity contribution in [3.8, 4) is 11.3 Å². The van der Waals surface area contributed by atoms with Crippen LogP contribution in [-0.2, 0) is 14.3 Å². The van der Waals surface area contributed by atoms with Gasteiger partial charge in [0.05, 0.1) is 24.8 Å². The molecule has 6 rings (SSSR count). The van der Waals surface area contributed by atoms with Gasteiger partial charge in [0.25, 0.3) is 0 Å². The topological polar surface area (TPSA) is 104 Å². The van der Waals surface area contributed by atoms with Crippen LogP contribution in [-0.4, -0.2) is 66.9 Å². The lowest BCUT2D eigenvalue weighted by Crippen LogP contribution is -2.55. The normalized spacial score (nSPS) is 16.9. The number of pyridine rings is 1. The molecule has 2 aromatic carbocycles. The minimum atomic E-state index is -0.563. The molecule has 0 bridgehead atoms. The number of nitrogens with one attached hydrogen (secondary N) is 2. The molecule has 2 saturated heterocycles. The predicted octanol–water partition coefficient (Wildman–Crippen LogP) is 5.30. The van der Waals surface area contributed by atoms with Crippen molar-refractivity contribution in [2.45, 2.75) is 46.0 Å². The van der Waals surface area contributed by atoms with Gasteiger partial charge in [0.15, 0.2) is 0 Å². The summed E-state index contributed by atoms with van der Waals surface area (Å²) in [5.41, 5.74) is 2.70. The Labute approximate surface area is 247 Å². The van der Waals surface area contributed by atoms with Crippen LogP contribution in [0.1, 0.15) is 20.8 Å². The quantitative estimate of drug-likeness (QED) is 0.329. The molecule has 0 spiro atoms. The van der Waals surface area contributed by atoms with Crippen molar-refractivity contribution in [3.63, 3.8) is 0 Å². The summed E-state index contributed by atoms with van der Waals surface area (Å²) in [4.78, 5) is 48.7. The van der Waals surface area contributed by atoms with Crippen molar-refractivity contribution in [3.05, 3.63) is 58.9 Å². The zero-order valence-corrected chi connectivity index (χ0v) is 24.8. The molecule has 214 valence electrons. The average molecular weight is 593 g/mol. The lowest BCUT2D eigenvalue weighted by Gasteiger charge is -2.38. The highest BCUT2D eigenvalue weighted by Gasteiger charge is 2.38. The van der Waals surface area contributed by atoms with Gasteiger partial charge in [0.1, 0.15) is 5.60 Å². The predicted molar refractivity (Wildman–Crippen MR) is 160 cm³/mol. The van der Waals surface area contributed by atoms with Gasteiger partial charge in [-0.2, -0.15) is 0 Å². The van der Waals surface area contributed by atoms with Crippen molar-refractivity contribution in [1.82, 2.24) is 9.88 Å². The first-order valence-electron chi connectivity index (χ1n) is 13.6. The number of aromatic nitrogens is 1. The zero-order valence-electron chi connectivity index (χ0n) is 23.2. The number of likely N-dealkylation sites (tertiary alicyclic amines) is 1. The minimum absolute atomic E-state index is 0.106. The molecule has 3 aromatic rings. The highest BCUT2D eigenvalue weighted by molar-refractivity contribution is 8.05. The smallest absolute Gasteiger partial charge is 0.410 e. The molecule has 3 aliphatic heterocycles. The Kier molecular flexibility index (Phi) is 7.52. The summed E-state index contributed by atoms with van der Waals surface area (Å²) in [6.07, 6.45) is -0.390. The van der Waals surface area contributed by atoms with Crippen LogP contribution in [0.4, 0.5) is 16.2 Å². The lowest BCUT2D eigenvalue weighted by molar-refractivity contribution is -0.124. The summed E-state index contributed by atoms with van der Waals surface area (Å²) in [5.74, 6) is -0.371. The summed E-state index contributed by atoms with van der Waals surface area (Å²) in [6.45, 7) is 8.99. The Balaban J connectivity index is 1.15. The van der Waals surface area contributed by atoms with E-state index in [2.05, 4.69) is 21.3 Å². The Morgan fingerprint density at radius 2 is 1.78 bits per heavy atom. The number of carbonyl (C=O) groups excluding carboxylic acids is 2. The van der Waals surface area contributed by atoms with E-state index in [9.17, 15) is 14.4 Å². The highest BCUT2D eigenvalue weighted by Crippen LogP contribution is 2.52. The first kappa shape index (κ1) is 27.7. The second kappa shape index (κ2) is 11.1. The van der Waals surface area contributed by atoms with Crippen molar-refractivity contribution in [1.29, 1.82) is 0 Å². The number of nitrogens with zero attached hydrogens (tertiary/aromatic N) is 2. The van der Waals surface area contributed by atoms with Crippen molar-refractivity contribution in [2.75, 3.05) is 49.6 Å². The molecule has 3 aliphatic rings. The number of morpholine rings is 1. The minimum Gasteiger partial charge on any atom is -0.444 e. The van der Waals surface area contributed by atoms with E-state index in [1.54, 1.807) is 34.5 Å². The summed E-state index contributed by atoms with van der Waals surface area (Å²) in [5, 5.41) is 3.01. The van der Waals surface area contributed by atoms with E-state index < -0.39 is 11.7 Å². The molecule has 9 nitrogen and oxygen atoms in total. The Morgan fingerprint density at radius 3 is 2.54 bits per heavy atom. The number of rotatable bonds is 4. The van der Waals surface area contributed by atoms with Crippen LogP contribution in [0.15, 0.2) is 72.9 Å². The summed E-state index contributed by atoms with van der Waals surface area (Å²) in [7, 11) is 0. The highest BCUT2D eigenvalue weighted by atomic mass is 32.2. The van der Waals surface area contributed by atoms with E-state index in [1.807, 2.05) is 57.2 Å². The van der Waals surface area contributed by atoms with Crippen LogP contribution >= 0.6 is 23.5 Å². The lowest BCUT2D eigenvalue weighted by atomic mass is 10.00. The fourth-order valence-electron chi connectivity index (χ4n) is 4.93. The number of fused-ring (bicyclic) bond motifs is 2. The maximum Gasteiger partial charge on any atom is 0.410 e. The Morgan fingerprint density at radius 1 is 1.00 bits per heavy atom. The number of carbonyl (C=O) groups is 2. The Bertz CT molecular complexity index is 1560. The van der Waals surface area contributed by atoms with Crippen molar-refractivity contribution >= 4 is 46.9 Å². The number of benzene rings is 2. The first-order chi connectivity index (χ1) is 19.6. The van der Waals surface area contributed by atoms with Crippen LogP contribution in [0.3, 0.4) is 0 Å². The van der Waals surface area contributed by atoms with E-state index in [1.165, 1.54) is 0 Å². The molecule has 0 radical (unpaired) electrons. The number of aromatic amines is 1. The molecule has 4 heterocycles. The molecular weight excluding hydrogens is 560 g/mol. The zero-order chi connectivity index (χ0) is 28.7. The third-order valence-electron chi connectivity index (χ3n) is 7.02. The molecule has 41 heavy (non-hydrogen) atoms. The van der Waals surface area contributed by atoms with Crippen LogP contribution in [0.2, 0.25) is 0 Å². The van der Waals surface area contributed by atoms with Gasteiger partial charge in [-0.1, -0.05) is 35.7 Å². The number of amides is 2. The number of hydrogen-bond donors (Lipinski definition) is 2. The van der Waals surface area contributed by atoms with Crippen LogP contribution in [0, 0.1) is 5.92 Å². The maximum atomic E-state index is 12.8. The molecule has 1 aromatic heterocycles. The number of anilines is 2. The largest absolute Gasteiger partial charge is 0.444 e. The summed E-state index contributed by atoms with van der Waals surface area (Å²) in [6, 6.07) is 15.7. The molecular formula is C30H32N4O5S2. The van der Waals surface area contributed by atoms with E-state index in [-0.39, 0.29) is 17.4 Å². The van der Waals surface area contributed by atoms with E-state index >= 15 is 0 Å². The van der Waals surface area contributed by atoms with E-state index in [4.69, 9.17) is 9.47 Å². The van der Waals surface area contributed by atoms with Gasteiger partial charge in [-0.05, 0) is 51.1 Å². The standard InChI is InChI=1S/C30H32N4O5S2/c1-30(2,3)39-29(37)34-16-18(17-34)28(36)31-19-7-8-23-25(13-19)40-24-6-4-5-21(27(24)41-23)22-14-20(15-26(35)32-22)33-9-11-38-12-10-33/h4-8,13-15,18H,9-12,16-17H2,1-3H3,(H,31,36)(H,32,35). The monoisotopic (exact) mass is 592 g/mol. The van der Waals surface area contributed by atoms with E-state index in [0.29, 0.717) is 26.3 Å². The van der Waals surface area contributed by atoms with Crippen molar-refractivity contribution < 1.29 is 19.1 Å². The first-order valence-corrected chi connectivity index (χ1v) is 15.3. The van der Waals surface area contributed by atoms with Gasteiger partial charge < -0.3 is 29.6 Å². The maximum absolute atomic E-state index is 12.8. The molecule has 2 fully saturated rings. The van der Waals surface area contributed by atoms with Gasteiger partial charge in [0, 0.05) is 68.8 Å². The third-order valence-corrected chi connectivity index (χ3v) is 9.62. The molecule has 0 atom stereocenters. The summed E-state index contributed by atoms with van der Waals surface area (Å²) < 4.78 is 10.9. The second-order valence-corrected chi connectivity index (χ2v) is 13.4. The summed E-state index contributed by atoms with van der Waals surface area (Å²) >= 11 is 3.31. The SMILES string of the molecule is CC(C)(C)OC(=O)N1CC(C(=O)Nc2ccc3c(c2)Sc2cccc(-c4cc(N5CCOCC5)cc(=O)[nH]4)c2S3)C1. The van der Waals surface area contributed by atoms with Crippen molar-refractivity contribution in [2.24, 2.45) is 5.92 Å². The molecule has 11 heteroatoms. The fraction of sp³-hybridized carbons (Fsp3) is 0.367. The molecule has 0 unspecified atom stereocenters. The van der Waals surface area contributed by atoms with E-state index in [0.717, 1.165) is 55.3 Å². The van der Waals surface area contributed by atoms with Gasteiger partial charge in [-0.15, -0.1) is 0 Å². The third kappa shape index (κ3) is 6.12. The van der Waals surface area contributed by atoms with Crippen LogP contribution < -0.4 is 15.8 Å².